The number of esters is 1. The molecule has 0 saturated heterocycles. The third-order valence-corrected chi connectivity index (χ3v) is 4.16. The van der Waals surface area contributed by atoms with Crippen LogP contribution in [-0.4, -0.2) is 28.6 Å². The molecular formula is C18H19ClN2O4. The molecule has 0 spiro atoms. The standard InChI is InChI=1S/C18H19ClN2O4/c1-8-15(10(3)22)9(2)21-16(8)17(23)11(4)25-18(24)13-6-5-12(19)7-14(13)20/h5-7,11,21H,20H2,1-4H3/t11-/m1/s1. The van der Waals surface area contributed by atoms with Crippen LogP contribution < -0.4 is 5.73 Å². The topological polar surface area (TPSA) is 102 Å². The number of ether oxygens (including phenoxy) is 1. The zero-order valence-corrected chi connectivity index (χ0v) is 15.2. The molecule has 0 saturated carbocycles. The fourth-order valence-electron chi connectivity index (χ4n) is 2.72. The quantitative estimate of drug-likeness (QED) is 0.481. The number of benzene rings is 1. The van der Waals surface area contributed by atoms with Crippen LogP contribution in [0.2, 0.25) is 5.02 Å². The predicted molar refractivity (Wildman–Crippen MR) is 95.3 cm³/mol. The fraction of sp³-hybridized carbons (Fsp3) is 0.278. The van der Waals surface area contributed by atoms with Crippen molar-refractivity contribution < 1.29 is 19.1 Å². The van der Waals surface area contributed by atoms with Gasteiger partial charge in [0.2, 0.25) is 5.78 Å². The Morgan fingerprint density at radius 2 is 1.88 bits per heavy atom. The molecule has 1 atom stereocenters. The van der Waals surface area contributed by atoms with Crippen molar-refractivity contribution in [3.05, 3.63) is 51.3 Å². The van der Waals surface area contributed by atoms with Gasteiger partial charge in [0.1, 0.15) is 0 Å². The van der Waals surface area contributed by atoms with Crippen molar-refractivity contribution in [1.82, 2.24) is 4.98 Å². The number of carbonyl (C=O) groups is 3. The van der Waals surface area contributed by atoms with Crippen LogP contribution >= 0.6 is 11.6 Å². The summed E-state index contributed by atoms with van der Waals surface area (Å²) in [6, 6.07) is 4.38. The molecule has 3 N–H and O–H groups in total. The van der Waals surface area contributed by atoms with Gasteiger partial charge in [-0.15, -0.1) is 0 Å². The number of halogens is 1. The van der Waals surface area contributed by atoms with E-state index in [1.54, 1.807) is 13.8 Å². The van der Waals surface area contributed by atoms with Gasteiger partial charge in [0.15, 0.2) is 11.9 Å². The lowest BCUT2D eigenvalue weighted by molar-refractivity contribution is 0.0318. The summed E-state index contributed by atoms with van der Waals surface area (Å²) in [4.78, 5) is 39.4. The Kier molecular flexibility index (Phi) is 5.33. The van der Waals surface area contributed by atoms with Crippen LogP contribution in [0.3, 0.4) is 0 Å². The first kappa shape index (κ1) is 18.7. The second-order valence-corrected chi connectivity index (χ2v) is 6.26. The first-order valence-electron chi connectivity index (χ1n) is 7.63. The average Bonchev–Trinajstić information content (AvgIpc) is 2.80. The Hall–Kier alpha value is -2.60. The Morgan fingerprint density at radius 1 is 1.24 bits per heavy atom. The number of anilines is 1. The molecule has 0 amide bonds. The van der Waals surface area contributed by atoms with Crippen molar-refractivity contribution in [2.24, 2.45) is 0 Å². The molecule has 0 fully saturated rings. The van der Waals surface area contributed by atoms with E-state index in [2.05, 4.69) is 4.98 Å². The Balaban J connectivity index is 2.22. The molecule has 1 aromatic carbocycles. The number of H-pyrrole nitrogens is 1. The summed E-state index contributed by atoms with van der Waals surface area (Å²) < 4.78 is 5.22. The van der Waals surface area contributed by atoms with Gasteiger partial charge in [-0.3, -0.25) is 9.59 Å². The van der Waals surface area contributed by atoms with Gasteiger partial charge in [0.25, 0.3) is 0 Å². The monoisotopic (exact) mass is 362 g/mol. The van der Waals surface area contributed by atoms with Crippen LogP contribution in [0.4, 0.5) is 5.69 Å². The predicted octanol–water partition coefficient (Wildman–Crippen LogP) is 3.50. The van der Waals surface area contributed by atoms with Crippen molar-refractivity contribution >= 4 is 34.8 Å². The number of nitrogens with two attached hydrogens (primary N) is 1. The maximum Gasteiger partial charge on any atom is 0.340 e. The first-order chi connectivity index (χ1) is 11.6. The highest BCUT2D eigenvalue weighted by Crippen LogP contribution is 2.22. The Labute approximate surface area is 150 Å². The smallest absolute Gasteiger partial charge is 0.340 e. The van der Waals surface area contributed by atoms with Gasteiger partial charge in [-0.25, -0.2) is 4.79 Å². The number of Topliss-reactive ketones (excluding diaryl/α,β-unsaturated/α-hetero) is 2. The molecule has 1 aromatic heterocycles. The third kappa shape index (κ3) is 3.74. The summed E-state index contributed by atoms with van der Waals surface area (Å²) in [5, 5.41) is 0.396. The third-order valence-electron chi connectivity index (χ3n) is 3.92. The van der Waals surface area contributed by atoms with Crippen LogP contribution in [0, 0.1) is 13.8 Å². The zero-order chi connectivity index (χ0) is 18.9. The number of aromatic nitrogens is 1. The summed E-state index contributed by atoms with van der Waals surface area (Å²) in [6.45, 7) is 6.30. The number of hydrogen-bond acceptors (Lipinski definition) is 5. The van der Waals surface area contributed by atoms with Crippen molar-refractivity contribution in [2.45, 2.75) is 33.8 Å². The van der Waals surface area contributed by atoms with Crippen LogP contribution in [0.25, 0.3) is 0 Å². The van der Waals surface area contributed by atoms with Gasteiger partial charge in [-0.05, 0) is 51.5 Å². The summed E-state index contributed by atoms with van der Waals surface area (Å²) in [7, 11) is 0. The maximum absolute atomic E-state index is 12.6. The number of nitrogen functional groups attached to an aromatic ring is 1. The normalized spacial score (nSPS) is 11.9. The molecule has 2 aromatic rings. The van der Waals surface area contributed by atoms with Crippen molar-refractivity contribution in [3.8, 4) is 0 Å². The van der Waals surface area contributed by atoms with Gasteiger partial charge < -0.3 is 15.5 Å². The number of aromatic amines is 1. The van der Waals surface area contributed by atoms with Gasteiger partial charge in [0.05, 0.1) is 11.3 Å². The van der Waals surface area contributed by atoms with Crippen LogP contribution in [0.5, 0.6) is 0 Å². The molecule has 6 nitrogen and oxygen atoms in total. The lowest BCUT2D eigenvalue weighted by Crippen LogP contribution is -2.25. The van der Waals surface area contributed by atoms with E-state index >= 15 is 0 Å². The summed E-state index contributed by atoms with van der Waals surface area (Å²) in [5.74, 6) is -1.28. The van der Waals surface area contributed by atoms with Crippen LogP contribution in [0.1, 0.15) is 56.3 Å². The van der Waals surface area contributed by atoms with E-state index in [-0.39, 0.29) is 22.7 Å². The van der Waals surface area contributed by atoms with E-state index in [9.17, 15) is 14.4 Å². The zero-order valence-electron chi connectivity index (χ0n) is 14.4. The number of nitrogens with one attached hydrogen (secondary N) is 1. The van der Waals surface area contributed by atoms with E-state index in [1.807, 2.05) is 0 Å². The lowest BCUT2D eigenvalue weighted by Gasteiger charge is -2.13. The molecule has 0 unspecified atom stereocenters. The molecule has 7 heteroatoms. The van der Waals surface area contributed by atoms with Crippen LogP contribution in [-0.2, 0) is 4.74 Å². The van der Waals surface area contributed by atoms with Gasteiger partial charge in [-0.2, -0.15) is 0 Å². The Bertz CT molecular complexity index is 870. The van der Waals surface area contributed by atoms with E-state index in [0.717, 1.165) is 0 Å². The average molecular weight is 363 g/mol. The highest BCUT2D eigenvalue weighted by molar-refractivity contribution is 6.31. The van der Waals surface area contributed by atoms with E-state index in [0.29, 0.717) is 21.8 Å². The van der Waals surface area contributed by atoms with Crippen LogP contribution in [0.15, 0.2) is 18.2 Å². The number of carbonyl (C=O) groups excluding carboxylic acids is 3. The summed E-state index contributed by atoms with van der Waals surface area (Å²) in [5.41, 5.74) is 7.94. The summed E-state index contributed by atoms with van der Waals surface area (Å²) >= 11 is 5.80. The molecule has 0 bridgehead atoms. The van der Waals surface area contributed by atoms with Gasteiger partial charge >= 0.3 is 5.97 Å². The highest BCUT2D eigenvalue weighted by Gasteiger charge is 2.26. The van der Waals surface area contributed by atoms with Crippen molar-refractivity contribution in [1.29, 1.82) is 0 Å². The number of ketones is 2. The Morgan fingerprint density at radius 3 is 2.40 bits per heavy atom. The molecule has 0 aliphatic heterocycles. The summed E-state index contributed by atoms with van der Waals surface area (Å²) in [6.07, 6.45) is -1.04. The molecule has 2 rings (SSSR count). The molecule has 25 heavy (non-hydrogen) atoms. The van der Waals surface area contributed by atoms with Crippen molar-refractivity contribution in [2.75, 3.05) is 5.73 Å². The van der Waals surface area contributed by atoms with E-state index in [4.69, 9.17) is 22.1 Å². The SMILES string of the molecule is CC(=O)c1c(C)[nH]c(C(=O)[C@@H](C)OC(=O)c2ccc(Cl)cc2N)c1C. The largest absolute Gasteiger partial charge is 0.451 e. The second kappa shape index (κ2) is 7.11. The number of rotatable bonds is 5. The number of hydrogen-bond donors (Lipinski definition) is 2. The molecule has 0 aliphatic carbocycles. The number of aryl methyl sites for hydroxylation is 1. The molecule has 0 aliphatic rings. The minimum atomic E-state index is -1.04. The molecular weight excluding hydrogens is 344 g/mol. The van der Waals surface area contributed by atoms with E-state index < -0.39 is 17.9 Å². The second-order valence-electron chi connectivity index (χ2n) is 5.82. The lowest BCUT2D eigenvalue weighted by atomic mass is 10.0. The minimum Gasteiger partial charge on any atom is -0.451 e. The van der Waals surface area contributed by atoms with Gasteiger partial charge in [-0.1, -0.05) is 11.6 Å². The van der Waals surface area contributed by atoms with Crippen molar-refractivity contribution in [3.63, 3.8) is 0 Å². The fourth-order valence-corrected chi connectivity index (χ4v) is 2.91. The molecule has 132 valence electrons. The highest BCUT2D eigenvalue weighted by atomic mass is 35.5. The van der Waals surface area contributed by atoms with E-state index in [1.165, 1.54) is 32.0 Å². The molecule has 1 heterocycles. The molecule has 0 radical (unpaired) electrons. The maximum atomic E-state index is 12.6. The first-order valence-corrected chi connectivity index (χ1v) is 8.01. The minimum absolute atomic E-state index is 0.132. The van der Waals surface area contributed by atoms with Gasteiger partial charge in [0, 0.05) is 22.0 Å².